The Morgan fingerprint density at radius 1 is 0.872 bits per heavy atom. The number of rotatable bonds is 11. The zero-order valence-corrected chi connectivity index (χ0v) is 24.8. The Morgan fingerprint density at radius 2 is 1.51 bits per heavy atom. The summed E-state index contributed by atoms with van der Waals surface area (Å²) < 4.78 is 15.5. The van der Waals surface area contributed by atoms with E-state index in [2.05, 4.69) is 0 Å². The summed E-state index contributed by atoms with van der Waals surface area (Å²) in [7, 11) is 0. The van der Waals surface area contributed by atoms with Crippen molar-refractivity contribution in [1.82, 2.24) is 4.57 Å². The number of hydrogen-bond acceptors (Lipinski definition) is 3. The van der Waals surface area contributed by atoms with E-state index in [1.54, 1.807) is 53.1 Å². The van der Waals surface area contributed by atoms with Gasteiger partial charge in [0, 0.05) is 30.7 Å². The lowest BCUT2D eigenvalue weighted by atomic mass is 10.1. The van der Waals surface area contributed by atoms with Crippen molar-refractivity contribution in [2.24, 2.45) is 0 Å². The number of nitrogens with zero attached hydrogens (tertiary/aromatic N) is 2. The molecule has 3 aromatic carbocycles. The molecule has 0 aliphatic carbocycles. The predicted molar refractivity (Wildman–Crippen MR) is 151 cm³/mol. The number of imidazole rings is 1. The molecule has 4 aromatic rings. The molecule has 0 aliphatic rings. The first kappa shape index (κ1) is 33.2. The van der Waals surface area contributed by atoms with E-state index in [9.17, 15) is 4.79 Å². The minimum Gasteiger partial charge on any atom is -1.00 e. The molecule has 0 spiro atoms. The van der Waals surface area contributed by atoms with Gasteiger partial charge in [-0.25, -0.2) is 9.13 Å². The Balaban J connectivity index is 0.00000267. The van der Waals surface area contributed by atoms with Gasteiger partial charge in [0.15, 0.2) is 13.2 Å². The molecular weight excluding hydrogens is 629 g/mol. The molecule has 2 N–H and O–H groups in total. The van der Waals surface area contributed by atoms with Gasteiger partial charge in [0.05, 0.1) is 6.61 Å². The molecule has 0 saturated heterocycles. The SMILES string of the molecule is O.O=C(COc1ccc(Cl)cc1)C[n+]1ccn(CC(OCc2ccc(Cl)cc2Cl)c2ccc(Cl)cc2Cl)c1.[Cl-]. The molecule has 0 aliphatic heterocycles. The van der Waals surface area contributed by atoms with Crippen molar-refractivity contribution in [2.75, 3.05) is 6.61 Å². The van der Waals surface area contributed by atoms with Crippen LogP contribution in [0, 0.1) is 0 Å². The van der Waals surface area contributed by atoms with Crippen LogP contribution in [0.5, 0.6) is 5.75 Å². The highest BCUT2D eigenvalue weighted by molar-refractivity contribution is 6.35. The Hall–Kier alpha value is -2.00. The number of aromatic nitrogens is 2. The van der Waals surface area contributed by atoms with Crippen molar-refractivity contribution < 1.29 is 36.7 Å². The molecule has 0 radical (unpaired) electrons. The number of carbonyl (C=O) groups excluding carboxylic acids is 1. The van der Waals surface area contributed by atoms with Crippen LogP contribution in [0.3, 0.4) is 0 Å². The number of ether oxygens (including phenoxy) is 2. The third kappa shape index (κ3) is 9.85. The molecule has 1 atom stereocenters. The van der Waals surface area contributed by atoms with E-state index >= 15 is 0 Å². The molecule has 1 aromatic heterocycles. The molecule has 4 rings (SSSR count). The second-order valence-electron chi connectivity index (χ2n) is 8.27. The summed E-state index contributed by atoms with van der Waals surface area (Å²) in [6.45, 7) is 0.804. The Labute approximate surface area is 257 Å². The molecule has 0 bridgehead atoms. The van der Waals surface area contributed by atoms with Crippen LogP contribution in [0.1, 0.15) is 17.2 Å². The lowest BCUT2D eigenvalue weighted by Crippen LogP contribution is -3.00. The van der Waals surface area contributed by atoms with Gasteiger partial charge in [-0.05, 0) is 54.1 Å². The van der Waals surface area contributed by atoms with Gasteiger partial charge in [-0.1, -0.05) is 70.1 Å². The number of benzene rings is 3. The van der Waals surface area contributed by atoms with Gasteiger partial charge >= 0.3 is 0 Å². The molecule has 39 heavy (non-hydrogen) atoms. The average Bonchev–Trinajstić information content (AvgIpc) is 3.29. The maximum absolute atomic E-state index is 12.4. The van der Waals surface area contributed by atoms with Gasteiger partial charge < -0.3 is 27.4 Å². The van der Waals surface area contributed by atoms with E-state index in [0.29, 0.717) is 37.4 Å². The van der Waals surface area contributed by atoms with E-state index in [0.717, 1.165) is 11.1 Å². The van der Waals surface area contributed by atoms with Crippen LogP contribution < -0.4 is 21.7 Å². The first-order valence-electron chi connectivity index (χ1n) is 11.2. The van der Waals surface area contributed by atoms with Crippen molar-refractivity contribution >= 4 is 63.8 Å². The van der Waals surface area contributed by atoms with E-state index in [4.69, 9.17) is 67.5 Å². The summed E-state index contributed by atoms with van der Waals surface area (Å²) in [5, 5.41) is 2.71. The van der Waals surface area contributed by atoms with Crippen molar-refractivity contribution in [3.05, 3.63) is 116 Å². The maximum atomic E-state index is 12.4. The Morgan fingerprint density at radius 3 is 2.18 bits per heavy atom. The van der Waals surface area contributed by atoms with Gasteiger partial charge in [0.2, 0.25) is 12.1 Å². The molecule has 0 amide bonds. The van der Waals surface area contributed by atoms with Gasteiger partial charge in [-0.3, -0.25) is 4.79 Å². The smallest absolute Gasteiger partial charge is 0.244 e. The normalized spacial score (nSPS) is 11.3. The van der Waals surface area contributed by atoms with Gasteiger partial charge in [-0.2, -0.15) is 0 Å². The van der Waals surface area contributed by atoms with Crippen LogP contribution >= 0.6 is 58.0 Å². The largest absolute Gasteiger partial charge is 1.00 e. The number of ketones is 1. The monoisotopic (exact) mass is 650 g/mol. The van der Waals surface area contributed by atoms with Crippen LogP contribution in [-0.2, 0) is 29.2 Å². The standard InChI is InChI=1S/C27H22Cl5N2O3.ClH.H2O/c28-19-3-6-23(7-4-19)36-16-22(35)13-33-9-10-34(17-33)14-27(24-8-5-21(30)12-26(24)32)37-15-18-1-2-20(29)11-25(18)31;;/h1-12,17,27H,13-16H2;1H;1H2/q+1;;/p-1. The molecule has 1 unspecified atom stereocenters. The highest BCUT2D eigenvalue weighted by Gasteiger charge is 2.21. The van der Waals surface area contributed by atoms with Crippen molar-refractivity contribution in [3.63, 3.8) is 0 Å². The zero-order valence-electron chi connectivity index (χ0n) is 20.3. The van der Waals surface area contributed by atoms with E-state index in [1.165, 1.54) is 0 Å². The minimum absolute atomic E-state index is 0. The van der Waals surface area contributed by atoms with Crippen LogP contribution in [0.4, 0.5) is 0 Å². The molecule has 0 saturated carbocycles. The molecule has 1 heterocycles. The maximum Gasteiger partial charge on any atom is 0.244 e. The Bertz CT molecular complexity index is 1380. The first-order valence-corrected chi connectivity index (χ1v) is 13.1. The van der Waals surface area contributed by atoms with Gasteiger partial charge in [0.25, 0.3) is 0 Å². The third-order valence-corrected chi connectivity index (χ3v) is 6.86. The van der Waals surface area contributed by atoms with Crippen LogP contribution in [0.25, 0.3) is 0 Å². The molecular formula is C27H24Cl6N2O4. The zero-order chi connectivity index (χ0) is 26.4. The topological polar surface area (TPSA) is 75.8 Å². The summed E-state index contributed by atoms with van der Waals surface area (Å²) in [5.41, 5.74) is 1.58. The number of hydrogen-bond donors (Lipinski definition) is 0. The number of Topliss-reactive ketones (excluding diaryl/α,β-unsaturated/α-hetero) is 1. The van der Waals surface area contributed by atoms with Gasteiger partial charge in [-0.15, -0.1) is 0 Å². The summed E-state index contributed by atoms with van der Waals surface area (Å²) in [6, 6.07) is 17.4. The van der Waals surface area contributed by atoms with Crippen molar-refractivity contribution in [3.8, 4) is 5.75 Å². The molecule has 208 valence electrons. The average molecular weight is 653 g/mol. The minimum atomic E-state index is -0.415. The fourth-order valence-corrected chi connectivity index (χ4v) is 4.73. The van der Waals surface area contributed by atoms with E-state index in [-0.39, 0.29) is 43.4 Å². The van der Waals surface area contributed by atoms with Crippen molar-refractivity contribution in [2.45, 2.75) is 25.8 Å². The molecule has 6 nitrogen and oxygen atoms in total. The van der Waals surface area contributed by atoms with E-state index < -0.39 is 6.10 Å². The third-order valence-electron chi connectivity index (χ3n) is 5.46. The van der Waals surface area contributed by atoms with Crippen LogP contribution in [0.15, 0.2) is 79.4 Å². The summed E-state index contributed by atoms with van der Waals surface area (Å²) in [6.07, 6.45) is 5.09. The molecule has 0 fully saturated rings. The fourth-order valence-electron chi connectivity index (χ4n) is 3.61. The van der Waals surface area contributed by atoms with Crippen LogP contribution in [-0.4, -0.2) is 22.4 Å². The lowest BCUT2D eigenvalue weighted by Gasteiger charge is -2.19. The van der Waals surface area contributed by atoms with Crippen LogP contribution in [0.2, 0.25) is 25.1 Å². The summed E-state index contributed by atoms with van der Waals surface area (Å²) >= 11 is 30.8. The summed E-state index contributed by atoms with van der Waals surface area (Å²) in [5.74, 6) is 0.504. The number of halogens is 6. The quantitative estimate of drug-likeness (QED) is 0.231. The second-order valence-corrected chi connectivity index (χ2v) is 10.4. The van der Waals surface area contributed by atoms with Gasteiger partial charge in [0.1, 0.15) is 30.8 Å². The van der Waals surface area contributed by atoms with Crippen molar-refractivity contribution in [1.29, 1.82) is 0 Å². The second kappa shape index (κ2) is 15.7. The first-order chi connectivity index (χ1) is 17.8. The number of carbonyl (C=O) groups is 1. The fraction of sp³-hybridized carbons (Fsp3) is 0.185. The van der Waals surface area contributed by atoms with E-state index in [1.807, 2.05) is 35.4 Å². The highest BCUT2D eigenvalue weighted by atomic mass is 35.5. The lowest BCUT2D eigenvalue weighted by molar-refractivity contribution is -0.683. The highest BCUT2D eigenvalue weighted by Crippen LogP contribution is 2.31. The summed E-state index contributed by atoms with van der Waals surface area (Å²) in [4.78, 5) is 12.4. The Kier molecular flexibility index (Phi) is 13.4. The molecule has 12 heteroatoms. The predicted octanol–water partition coefficient (Wildman–Crippen LogP) is 3.83.